The minimum absolute atomic E-state index is 0.280. The Morgan fingerprint density at radius 1 is 0.952 bits per heavy atom. The summed E-state index contributed by atoms with van der Waals surface area (Å²) in [6.07, 6.45) is 1.38. The number of anilines is 1. The monoisotopic (exact) mass is 298 g/mol. The molecule has 21 heavy (non-hydrogen) atoms. The zero-order valence-electron chi connectivity index (χ0n) is 11.3. The average molecular weight is 299 g/mol. The van der Waals surface area contributed by atoms with Crippen LogP contribution in [0.15, 0.2) is 71.5 Å². The van der Waals surface area contributed by atoms with E-state index in [9.17, 15) is 0 Å². The quantitative estimate of drug-likeness (QED) is 0.895. The van der Waals surface area contributed by atoms with Gasteiger partial charge in [-0.15, -0.1) is 0 Å². The smallest absolute Gasteiger partial charge is 0.154 e. The summed E-state index contributed by atoms with van der Waals surface area (Å²) >= 11 is 5.95. The average Bonchev–Trinajstić information content (AvgIpc) is 2.49. The normalized spacial score (nSPS) is 18.1. The third-order valence-corrected chi connectivity index (χ3v) is 3.54. The molecule has 5 heteroatoms. The lowest BCUT2D eigenvalue weighted by Crippen LogP contribution is -2.36. The minimum Gasteiger partial charge on any atom is -0.385 e. The summed E-state index contributed by atoms with van der Waals surface area (Å²) < 4.78 is 0. The Labute approximate surface area is 128 Å². The first-order chi connectivity index (χ1) is 10.1. The molecule has 2 aromatic rings. The fourth-order valence-electron chi connectivity index (χ4n) is 2.34. The number of amidine groups is 1. The Morgan fingerprint density at radius 3 is 2.29 bits per heavy atom. The molecule has 4 N–H and O–H groups in total. The van der Waals surface area contributed by atoms with Crippen molar-refractivity contribution in [2.24, 2.45) is 16.5 Å². The lowest BCUT2D eigenvalue weighted by atomic mass is 10.1. The van der Waals surface area contributed by atoms with E-state index in [1.54, 1.807) is 6.08 Å². The van der Waals surface area contributed by atoms with Crippen LogP contribution in [0.2, 0.25) is 5.02 Å². The number of nitrogens with two attached hydrogens (primary N) is 2. The van der Waals surface area contributed by atoms with Crippen LogP contribution in [0.5, 0.6) is 0 Å². The van der Waals surface area contributed by atoms with Gasteiger partial charge in [-0.1, -0.05) is 41.9 Å². The van der Waals surface area contributed by atoms with Crippen LogP contribution in [0.25, 0.3) is 0 Å². The summed E-state index contributed by atoms with van der Waals surface area (Å²) in [4.78, 5) is 6.45. The molecule has 1 atom stereocenters. The Bertz CT molecular complexity index is 692. The maximum Gasteiger partial charge on any atom is 0.154 e. The Hall–Kier alpha value is -2.46. The van der Waals surface area contributed by atoms with Crippen LogP contribution in [0.1, 0.15) is 11.7 Å². The molecule has 106 valence electrons. The lowest BCUT2D eigenvalue weighted by molar-refractivity contribution is 0.693. The van der Waals surface area contributed by atoms with Gasteiger partial charge in [0.15, 0.2) is 6.17 Å². The van der Waals surface area contributed by atoms with E-state index in [-0.39, 0.29) is 6.17 Å². The first-order valence-electron chi connectivity index (χ1n) is 6.55. The Morgan fingerprint density at radius 2 is 1.62 bits per heavy atom. The highest BCUT2D eigenvalue weighted by Crippen LogP contribution is 2.33. The van der Waals surface area contributed by atoms with Crippen molar-refractivity contribution in [3.8, 4) is 0 Å². The van der Waals surface area contributed by atoms with Gasteiger partial charge in [-0.2, -0.15) is 0 Å². The third-order valence-electron chi connectivity index (χ3n) is 3.29. The molecular weight excluding hydrogens is 284 g/mol. The van der Waals surface area contributed by atoms with Gasteiger partial charge in [-0.3, -0.25) is 0 Å². The van der Waals surface area contributed by atoms with Gasteiger partial charge in [0.1, 0.15) is 11.7 Å². The first kappa shape index (κ1) is 13.5. The number of halogens is 1. The second kappa shape index (κ2) is 5.50. The number of benzene rings is 2. The van der Waals surface area contributed by atoms with Crippen molar-refractivity contribution in [2.45, 2.75) is 6.17 Å². The first-order valence-corrected chi connectivity index (χ1v) is 6.93. The van der Waals surface area contributed by atoms with Crippen LogP contribution in [0, 0.1) is 0 Å². The molecule has 1 aliphatic heterocycles. The number of hydrogen-bond acceptors (Lipinski definition) is 4. The molecule has 0 spiro atoms. The molecule has 0 aromatic heterocycles. The van der Waals surface area contributed by atoms with Gasteiger partial charge < -0.3 is 16.4 Å². The van der Waals surface area contributed by atoms with Crippen molar-refractivity contribution in [1.82, 2.24) is 0 Å². The molecule has 0 saturated heterocycles. The van der Waals surface area contributed by atoms with E-state index in [1.807, 2.05) is 59.5 Å². The standard InChI is InChI=1S/C16H15ClN4/c17-12-6-8-13(9-7-12)21-15(19)10-14(18)20-16(21)11-4-2-1-3-5-11/h1-10,16H,19H2,(H2,18,20)/t16-/m0/s1. The summed E-state index contributed by atoms with van der Waals surface area (Å²) in [7, 11) is 0. The van der Waals surface area contributed by atoms with E-state index in [2.05, 4.69) is 4.99 Å². The fourth-order valence-corrected chi connectivity index (χ4v) is 2.47. The van der Waals surface area contributed by atoms with Crippen LogP contribution >= 0.6 is 11.6 Å². The molecule has 0 radical (unpaired) electrons. The van der Waals surface area contributed by atoms with E-state index in [0.717, 1.165) is 11.3 Å². The van der Waals surface area contributed by atoms with E-state index in [0.29, 0.717) is 16.7 Å². The topological polar surface area (TPSA) is 67.6 Å². The molecule has 1 heterocycles. The highest BCUT2D eigenvalue weighted by Gasteiger charge is 2.25. The van der Waals surface area contributed by atoms with Crippen LogP contribution in [-0.2, 0) is 0 Å². The summed E-state index contributed by atoms with van der Waals surface area (Å²) in [5, 5.41) is 0.678. The summed E-state index contributed by atoms with van der Waals surface area (Å²) in [6.45, 7) is 0. The van der Waals surface area contributed by atoms with Gasteiger partial charge in [0.05, 0.1) is 0 Å². The van der Waals surface area contributed by atoms with E-state index >= 15 is 0 Å². The number of nitrogens with zero attached hydrogens (tertiary/aromatic N) is 2. The van der Waals surface area contributed by atoms with Gasteiger partial charge in [0, 0.05) is 16.8 Å². The van der Waals surface area contributed by atoms with Crippen molar-refractivity contribution >= 4 is 23.1 Å². The van der Waals surface area contributed by atoms with Gasteiger partial charge in [0.25, 0.3) is 0 Å². The van der Waals surface area contributed by atoms with Gasteiger partial charge in [0.2, 0.25) is 0 Å². The number of hydrogen-bond donors (Lipinski definition) is 2. The van der Waals surface area contributed by atoms with Gasteiger partial charge in [-0.05, 0) is 29.8 Å². The van der Waals surface area contributed by atoms with Crippen LogP contribution in [0.3, 0.4) is 0 Å². The highest BCUT2D eigenvalue weighted by atomic mass is 35.5. The molecular formula is C16H15ClN4. The molecule has 0 bridgehead atoms. The van der Waals surface area contributed by atoms with Crippen molar-refractivity contribution in [2.75, 3.05) is 4.90 Å². The van der Waals surface area contributed by atoms with E-state index in [1.165, 1.54) is 0 Å². The van der Waals surface area contributed by atoms with E-state index < -0.39 is 0 Å². The second-order valence-electron chi connectivity index (χ2n) is 4.75. The molecule has 1 aliphatic rings. The minimum atomic E-state index is -0.280. The fraction of sp³-hybridized carbons (Fsp3) is 0.0625. The SMILES string of the molecule is NC1=CC(N)=N[C@H](c2ccccc2)N1c1ccc(Cl)cc1. The molecule has 3 rings (SSSR count). The van der Waals surface area contributed by atoms with Crippen LogP contribution in [0.4, 0.5) is 5.69 Å². The van der Waals surface area contributed by atoms with Crippen molar-refractivity contribution in [3.05, 3.63) is 77.1 Å². The number of rotatable bonds is 2. The highest BCUT2D eigenvalue weighted by molar-refractivity contribution is 6.30. The lowest BCUT2D eigenvalue weighted by Gasteiger charge is -2.34. The molecule has 4 nitrogen and oxygen atoms in total. The molecule has 0 fully saturated rings. The summed E-state index contributed by atoms with van der Waals surface area (Å²) in [5.41, 5.74) is 14.0. The third kappa shape index (κ3) is 2.71. The van der Waals surface area contributed by atoms with E-state index in [4.69, 9.17) is 23.1 Å². The van der Waals surface area contributed by atoms with Gasteiger partial charge in [-0.25, -0.2) is 4.99 Å². The summed E-state index contributed by atoms with van der Waals surface area (Å²) in [6, 6.07) is 17.4. The molecule has 2 aromatic carbocycles. The maximum atomic E-state index is 6.16. The largest absolute Gasteiger partial charge is 0.385 e. The predicted molar refractivity (Wildman–Crippen MR) is 87.0 cm³/mol. The maximum absolute atomic E-state index is 6.16. The Balaban J connectivity index is 2.07. The predicted octanol–water partition coefficient (Wildman–Crippen LogP) is 3.02. The van der Waals surface area contributed by atoms with Crippen LogP contribution in [-0.4, -0.2) is 5.84 Å². The van der Waals surface area contributed by atoms with Crippen molar-refractivity contribution < 1.29 is 0 Å². The molecule has 0 saturated carbocycles. The Kier molecular flexibility index (Phi) is 3.54. The van der Waals surface area contributed by atoms with Crippen molar-refractivity contribution in [3.63, 3.8) is 0 Å². The van der Waals surface area contributed by atoms with Crippen LogP contribution < -0.4 is 16.4 Å². The van der Waals surface area contributed by atoms with Crippen molar-refractivity contribution in [1.29, 1.82) is 0 Å². The second-order valence-corrected chi connectivity index (χ2v) is 5.19. The summed E-state index contributed by atoms with van der Waals surface area (Å²) in [5.74, 6) is 0.977. The molecule has 0 unspecified atom stereocenters. The molecule has 0 amide bonds. The zero-order chi connectivity index (χ0) is 14.8. The van der Waals surface area contributed by atoms with Gasteiger partial charge >= 0.3 is 0 Å². The zero-order valence-corrected chi connectivity index (χ0v) is 12.0. The molecule has 0 aliphatic carbocycles. The number of aliphatic imine (C=N–C) groups is 1.